The van der Waals surface area contributed by atoms with E-state index in [1.807, 2.05) is 0 Å². The van der Waals surface area contributed by atoms with Crippen LogP contribution in [-0.2, 0) is 0 Å². The van der Waals surface area contributed by atoms with E-state index in [9.17, 15) is 0 Å². The predicted molar refractivity (Wildman–Crippen MR) is 95.7 cm³/mol. The molecular weight excluding hydrogens is 262 g/mol. The highest BCUT2D eigenvalue weighted by molar-refractivity contribution is 6.93. The lowest BCUT2D eigenvalue weighted by Crippen LogP contribution is -2.63. The van der Waals surface area contributed by atoms with E-state index in [4.69, 9.17) is 0 Å². The van der Waals surface area contributed by atoms with Gasteiger partial charge in [0, 0.05) is 0 Å². The Morgan fingerprint density at radius 1 is 0.632 bits per heavy atom. The Morgan fingerprint density at radius 3 is 1.16 bits per heavy atom. The van der Waals surface area contributed by atoms with Crippen LogP contribution in [0.2, 0.25) is 36.3 Å². The summed E-state index contributed by atoms with van der Waals surface area (Å²) >= 11 is 0. The molecule has 114 valence electrons. The van der Waals surface area contributed by atoms with Crippen LogP contribution in [0.5, 0.6) is 0 Å². The third kappa shape index (κ3) is 3.97. The molecule has 0 aromatic rings. The molecule has 19 heavy (non-hydrogen) atoms. The van der Waals surface area contributed by atoms with E-state index >= 15 is 0 Å². The monoisotopic (exact) mass is 299 g/mol. The molecule has 0 unspecified atom stereocenters. The average molecular weight is 300 g/mol. The van der Waals surface area contributed by atoms with E-state index in [0.29, 0.717) is 0 Å². The molecule has 0 fully saturated rings. The minimum atomic E-state index is -1.27. The first kappa shape index (κ1) is 19.0. The number of rotatable bonds is 10. The summed E-state index contributed by atoms with van der Waals surface area (Å²) in [7, 11) is -2.55. The van der Waals surface area contributed by atoms with Crippen molar-refractivity contribution in [3.8, 4) is 0 Å². The van der Waals surface area contributed by atoms with Crippen LogP contribution in [0.15, 0.2) is 12.3 Å². The number of allylic oxidation sites excluding steroid dienone is 1. The molecule has 0 spiro atoms. The molecule has 0 amide bonds. The van der Waals surface area contributed by atoms with E-state index in [2.05, 4.69) is 65.0 Å². The number of nitrogens with zero attached hydrogens (tertiary/aromatic N) is 1. The van der Waals surface area contributed by atoms with Gasteiger partial charge in [0.2, 0.25) is 0 Å². The summed E-state index contributed by atoms with van der Waals surface area (Å²) < 4.78 is 3.02. The van der Waals surface area contributed by atoms with Gasteiger partial charge >= 0.3 is 0 Å². The van der Waals surface area contributed by atoms with Crippen LogP contribution in [0.4, 0.5) is 0 Å². The van der Waals surface area contributed by atoms with Gasteiger partial charge < -0.3 is 4.23 Å². The second-order valence-corrected chi connectivity index (χ2v) is 16.3. The van der Waals surface area contributed by atoms with Gasteiger partial charge in [-0.15, -0.1) is 0 Å². The van der Waals surface area contributed by atoms with E-state index in [-0.39, 0.29) is 0 Å². The number of hydrogen-bond acceptors (Lipinski definition) is 1. The first-order valence-corrected chi connectivity index (χ1v) is 13.7. The highest BCUT2D eigenvalue weighted by atomic mass is 28.4. The molecule has 0 aromatic carbocycles. The Hall–Kier alpha value is -0.0262. The summed E-state index contributed by atoms with van der Waals surface area (Å²) in [6.45, 7) is 16.9. The van der Waals surface area contributed by atoms with Gasteiger partial charge in [-0.2, -0.15) is 0 Å². The van der Waals surface area contributed by atoms with Crippen molar-refractivity contribution in [3.05, 3.63) is 12.3 Å². The molecule has 0 atom stereocenters. The van der Waals surface area contributed by atoms with Crippen molar-refractivity contribution in [2.24, 2.45) is 0 Å². The fourth-order valence-electron chi connectivity index (χ4n) is 3.55. The van der Waals surface area contributed by atoms with Gasteiger partial charge in [-0.3, -0.25) is 0 Å². The molecule has 0 aromatic heterocycles. The molecule has 0 aliphatic rings. The lowest BCUT2D eigenvalue weighted by Gasteiger charge is -2.52. The van der Waals surface area contributed by atoms with Crippen LogP contribution < -0.4 is 0 Å². The van der Waals surface area contributed by atoms with Crippen LogP contribution in [0, 0.1) is 0 Å². The third-order valence-corrected chi connectivity index (χ3v) is 18.5. The van der Waals surface area contributed by atoms with Crippen molar-refractivity contribution in [1.82, 2.24) is 4.23 Å². The molecule has 0 bridgehead atoms. The van der Waals surface area contributed by atoms with Crippen molar-refractivity contribution >= 4 is 16.5 Å². The molecule has 1 nitrogen and oxygen atoms in total. The Bertz CT molecular complexity index is 219. The summed E-state index contributed by atoms with van der Waals surface area (Å²) in [4.78, 5) is 0. The first-order valence-electron chi connectivity index (χ1n) is 8.52. The van der Waals surface area contributed by atoms with Crippen LogP contribution in [0.3, 0.4) is 0 Å². The fourth-order valence-corrected chi connectivity index (χ4v) is 16.3. The molecule has 0 rings (SSSR count). The molecule has 3 heteroatoms. The van der Waals surface area contributed by atoms with Gasteiger partial charge in [-0.05, 0) is 48.9 Å². The normalized spacial score (nSPS) is 13.2. The third-order valence-electron chi connectivity index (χ3n) is 5.46. The maximum Gasteiger partial charge on any atom is 0.146 e. The molecule has 0 saturated carbocycles. The Balaban J connectivity index is 5.70. The van der Waals surface area contributed by atoms with Crippen molar-refractivity contribution in [3.63, 3.8) is 0 Å². The quantitative estimate of drug-likeness (QED) is 0.433. The fraction of sp³-hybridized carbons (Fsp3) is 0.875. The Labute approximate surface area is 124 Å². The molecule has 0 aliphatic heterocycles. The summed E-state index contributed by atoms with van der Waals surface area (Å²) in [5, 5.41) is 0. The summed E-state index contributed by atoms with van der Waals surface area (Å²) in [5.74, 6) is 0. The zero-order valence-corrected chi connectivity index (χ0v) is 16.6. The average Bonchev–Trinajstić information content (AvgIpc) is 2.48. The molecule has 0 heterocycles. The highest BCUT2D eigenvalue weighted by Crippen LogP contribution is 2.36. The van der Waals surface area contributed by atoms with Gasteiger partial charge in [0.05, 0.1) is 0 Å². The summed E-state index contributed by atoms with van der Waals surface area (Å²) in [6, 6.07) is 8.43. The van der Waals surface area contributed by atoms with Crippen molar-refractivity contribution in [1.29, 1.82) is 0 Å². The van der Waals surface area contributed by atoms with Crippen molar-refractivity contribution in [2.75, 3.05) is 0 Å². The van der Waals surface area contributed by atoms with Gasteiger partial charge in [0.1, 0.15) is 16.5 Å². The van der Waals surface area contributed by atoms with E-state index in [1.54, 1.807) is 0 Å². The molecule has 0 saturated heterocycles. The van der Waals surface area contributed by atoms with Crippen LogP contribution >= 0.6 is 0 Å². The summed E-state index contributed by atoms with van der Waals surface area (Å²) in [5.41, 5.74) is 0. The predicted octanol–water partition coefficient (Wildman–Crippen LogP) is 6.22. The second kappa shape index (κ2) is 9.01. The lowest BCUT2D eigenvalue weighted by atomic mass is 10.5. The lowest BCUT2D eigenvalue weighted by molar-refractivity contribution is 0.741. The Morgan fingerprint density at radius 2 is 0.947 bits per heavy atom. The van der Waals surface area contributed by atoms with Gasteiger partial charge in [-0.1, -0.05) is 54.5 Å². The zero-order valence-electron chi connectivity index (χ0n) is 14.6. The molecule has 0 aliphatic carbocycles. The standard InChI is InChI=1S/C16H37NSi2/c1-8-15-16-17(18(9-2,10-3)11-4)19(12-5,13-6)14-7/h15-16H,8-14H2,1-7H3. The highest BCUT2D eigenvalue weighted by Gasteiger charge is 2.44. The van der Waals surface area contributed by atoms with Gasteiger partial charge in [0.15, 0.2) is 0 Å². The van der Waals surface area contributed by atoms with E-state index in [0.717, 1.165) is 0 Å². The minimum absolute atomic E-state index is 1.17. The second-order valence-electron chi connectivity index (χ2n) is 5.73. The van der Waals surface area contributed by atoms with Crippen molar-refractivity contribution < 1.29 is 0 Å². The van der Waals surface area contributed by atoms with Gasteiger partial charge in [0.25, 0.3) is 0 Å². The maximum absolute atomic E-state index is 3.02. The Kier molecular flexibility index (Phi) is 9.00. The molecular formula is C16H37NSi2. The van der Waals surface area contributed by atoms with Crippen LogP contribution in [0.25, 0.3) is 0 Å². The summed E-state index contributed by atoms with van der Waals surface area (Å²) in [6.07, 6.45) is 6.11. The maximum atomic E-state index is 3.02. The molecule has 0 N–H and O–H groups in total. The largest absolute Gasteiger partial charge is 0.430 e. The van der Waals surface area contributed by atoms with E-state index in [1.165, 1.54) is 42.7 Å². The van der Waals surface area contributed by atoms with E-state index < -0.39 is 16.5 Å². The van der Waals surface area contributed by atoms with Crippen LogP contribution in [-0.4, -0.2) is 20.7 Å². The number of hydrogen-bond donors (Lipinski definition) is 0. The van der Waals surface area contributed by atoms with Crippen molar-refractivity contribution in [2.45, 2.75) is 91.2 Å². The topological polar surface area (TPSA) is 3.24 Å². The minimum Gasteiger partial charge on any atom is -0.430 e. The molecule has 0 radical (unpaired) electrons. The van der Waals surface area contributed by atoms with Crippen LogP contribution in [0.1, 0.15) is 54.9 Å². The zero-order chi connectivity index (χ0) is 14.9. The first-order chi connectivity index (χ1) is 9.06. The van der Waals surface area contributed by atoms with Gasteiger partial charge in [-0.25, -0.2) is 0 Å². The SMILES string of the molecule is CCC=CN([Si](CC)(CC)CC)[Si](CC)(CC)CC. The smallest absolute Gasteiger partial charge is 0.146 e.